The fourth-order valence-electron chi connectivity index (χ4n) is 1.02. The van der Waals surface area contributed by atoms with Crippen LogP contribution in [-0.2, 0) is 9.84 Å². The van der Waals surface area contributed by atoms with Crippen LogP contribution < -0.4 is 5.73 Å². The van der Waals surface area contributed by atoms with E-state index in [0.29, 0.717) is 11.6 Å². The van der Waals surface area contributed by atoms with Gasteiger partial charge in [0.15, 0.2) is 9.84 Å². The van der Waals surface area contributed by atoms with Crippen molar-refractivity contribution in [2.45, 2.75) is 25.0 Å². The Kier molecular flexibility index (Phi) is 3.86. The van der Waals surface area contributed by atoms with E-state index in [2.05, 4.69) is 4.98 Å². The summed E-state index contributed by atoms with van der Waals surface area (Å²) in [5.41, 5.74) is 6.40. The third-order valence-corrected chi connectivity index (χ3v) is 5.09. The Hall–Kier alpha value is -0.460. The molecular formula is C9H16N2O2S2. The Balaban J connectivity index is 2.94. The van der Waals surface area contributed by atoms with Gasteiger partial charge in [-0.05, 0) is 6.92 Å². The van der Waals surface area contributed by atoms with Gasteiger partial charge in [0.2, 0.25) is 0 Å². The maximum Gasteiger partial charge on any atom is 0.156 e. The highest BCUT2D eigenvalue weighted by atomic mass is 32.2. The maximum atomic E-state index is 11.3. The normalized spacial score (nSPS) is 16.3. The van der Waals surface area contributed by atoms with Gasteiger partial charge in [-0.15, -0.1) is 11.3 Å². The van der Waals surface area contributed by atoms with E-state index in [1.165, 1.54) is 17.6 Å². The fourth-order valence-corrected chi connectivity index (χ4v) is 3.00. The van der Waals surface area contributed by atoms with Gasteiger partial charge in [0.25, 0.3) is 0 Å². The SMILES string of the molecule is CC(CN)c1csc(C(C)S(C)(=O)=O)n1. The molecule has 0 fully saturated rings. The minimum absolute atomic E-state index is 0.182. The summed E-state index contributed by atoms with van der Waals surface area (Å²) in [5.74, 6) is 0.182. The lowest BCUT2D eigenvalue weighted by Crippen LogP contribution is -2.10. The van der Waals surface area contributed by atoms with Gasteiger partial charge in [0.1, 0.15) is 10.3 Å². The number of hydrogen-bond donors (Lipinski definition) is 1. The van der Waals surface area contributed by atoms with Crippen molar-refractivity contribution in [1.82, 2.24) is 4.98 Å². The second-order valence-electron chi connectivity index (χ2n) is 3.72. The van der Waals surface area contributed by atoms with Gasteiger partial charge in [0, 0.05) is 24.1 Å². The predicted octanol–water partition coefficient (Wildman–Crippen LogP) is 1.31. The first kappa shape index (κ1) is 12.6. The quantitative estimate of drug-likeness (QED) is 0.872. The molecule has 0 spiro atoms. The van der Waals surface area contributed by atoms with E-state index in [4.69, 9.17) is 5.73 Å². The van der Waals surface area contributed by atoms with Gasteiger partial charge in [-0.25, -0.2) is 13.4 Å². The van der Waals surface area contributed by atoms with E-state index in [0.717, 1.165) is 5.69 Å². The molecule has 2 atom stereocenters. The highest BCUT2D eigenvalue weighted by Gasteiger charge is 2.21. The molecule has 4 nitrogen and oxygen atoms in total. The van der Waals surface area contributed by atoms with Crippen molar-refractivity contribution in [2.24, 2.45) is 5.73 Å². The van der Waals surface area contributed by atoms with Crippen LogP contribution in [0.1, 0.15) is 35.7 Å². The summed E-state index contributed by atoms with van der Waals surface area (Å²) >= 11 is 1.38. The maximum absolute atomic E-state index is 11.3. The van der Waals surface area contributed by atoms with E-state index in [1.807, 2.05) is 12.3 Å². The van der Waals surface area contributed by atoms with Gasteiger partial charge < -0.3 is 5.73 Å². The Labute approximate surface area is 94.4 Å². The van der Waals surface area contributed by atoms with Crippen molar-refractivity contribution >= 4 is 21.2 Å². The molecule has 1 aromatic heterocycles. The molecule has 2 N–H and O–H groups in total. The Morgan fingerprint density at radius 3 is 2.60 bits per heavy atom. The number of aromatic nitrogens is 1. The molecule has 0 saturated heterocycles. The number of nitrogens with zero attached hydrogens (tertiary/aromatic N) is 1. The predicted molar refractivity (Wildman–Crippen MR) is 62.8 cm³/mol. The van der Waals surface area contributed by atoms with Crippen LogP contribution >= 0.6 is 11.3 Å². The molecule has 0 aromatic carbocycles. The zero-order valence-corrected chi connectivity index (χ0v) is 10.7. The van der Waals surface area contributed by atoms with Gasteiger partial charge >= 0.3 is 0 Å². The molecule has 1 heterocycles. The van der Waals surface area contributed by atoms with Crippen LogP contribution in [0.2, 0.25) is 0 Å². The second kappa shape index (κ2) is 4.59. The first-order valence-electron chi connectivity index (χ1n) is 4.70. The average Bonchev–Trinajstić information content (AvgIpc) is 2.62. The fraction of sp³-hybridized carbons (Fsp3) is 0.667. The van der Waals surface area contributed by atoms with Gasteiger partial charge in [-0.1, -0.05) is 6.92 Å². The van der Waals surface area contributed by atoms with Crippen molar-refractivity contribution < 1.29 is 8.42 Å². The minimum atomic E-state index is -3.06. The molecule has 2 unspecified atom stereocenters. The smallest absolute Gasteiger partial charge is 0.156 e. The topological polar surface area (TPSA) is 73.1 Å². The van der Waals surface area contributed by atoms with Crippen LogP contribution in [0, 0.1) is 0 Å². The zero-order chi connectivity index (χ0) is 11.6. The summed E-state index contributed by atoms with van der Waals surface area (Å²) in [6.07, 6.45) is 1.23. The van der Waals surface area contributed by atoms with Gasteiger partial charge in [0.05, 0.1) is 5.69 Å². The van der Waals surface area contributed by atoms with E-state index < -0.39 is 15.1 Å². The number of nitrogens with two attached hydrogens (primary N) is 1. The largest absolute Gasteiger partial charge is 0.330 e. The van der Waals surface area contributed by atoms with Gasteiger partial charge in [-0.2, -0.15) is 0 Å². The summed E-state index contributed by atoms with van der Waals surface area (Å²) in [6, 6.07) is 0. The second-order valence-corrected chi connectivity index (χ2v) is 6.97. The highest BCUT2D eigenvalue weighted by Crippen LogP contribution is 2.26. The molecule has 0 radical (unpaired) electrons. The number of thiazole rings is 1. The van der Waals surface area contributed by atoms with Crippen LogP contribution in [0.15, 0.2) is 5.38 Å². The van der Waals surface area contributed by atoms with Crippen molar-refractivity contribution in [3.8, 4) is 0 Å². The van der Waals surface area contributed by atoms with Crippen molar-refractivity contribution in [3.63, 3.8) is 0 Å². The molecule has 1 rings (SSSR count). The molecule has 0 amide bonds. The lowest BCUT2D eigenvalue weighted by Gasteiger charge is -2.06. The zero-order valence-electron chi connectivity index (χ0n) is 9.10. The first-order chi connectivity index (χ1) is 6.86. The van der Waals surface area contributed by atoms with Crippen LogP contribution in [0.3, 0.4) is 0 Å². The summed E-state index contributed by atoms with van der Waals surface area (Å²) in [4.78, 5) is 4.31. The molecule has 0 saturated carbocycles. The van der Waals surface area contributed by atoms with Crippen LogP contribution in [-0.4, -0.2) is 26.2 Å². The first-order valence-corrected chi connectivity index (χ1v) is 7.54. The minimum Gasteiger partial charge on any atom is -0.330 e. The molecule has 1 aromatic rings. The highest BCUT2D eigenvalue weighted by molar-refractivity contribution is 7.91. The third-order valence-electron chi connectivity index (χ3n) is 2.39. The van der Waals surface area contributed by atoms with E-state index in [9.17, 15) is 8.42 Å². The molecule has 86 valence electrons. The molecule has 6 heteroatoms. The Bertz CT molecular complexity index is 425. The van der Waals surface area contributed by atoms with Crippen LogP contribution in [0.25, 0.3) is 0 Å². The lowest BCUT2D eigenvalue weighted by molar-refractivity contribution is 0.591. The van der Waals surface area contributed by atoms with E-state index in [1.54, 1.807) is 6.92 Å². The summed E-state index contributed by atoms with van der Waals surface area (Å²) < 4.78 is 22.6. The average molecular weight is 248 g/mol. The van der Waals surface area contributed by atoms with Crippen LogP contribution in [0.5, 0.6) is 0 Å². The van der Waals surface area contributed by atoms with E-state index in [-0.39, 0.29) is 5.92 Å². The Morgan fingerprint density at radius 2 is 2.13 bits per heavy atom. The Morgan fingerprint density at radius 1 is 1.53 bits per heavy atom. The summed E-state index contributed by atoms with van der Waals surface area (Å²) in [7, 11) is -3.06. The molecule has 0 aliphatic heterocycles. The molecular weight excluding hydrogens is 232 g/mol. The molecule has 0 bridgehead atoms. The number of hydrogen-bond acceptors (Lipinski definition) is 5. The molecule has 0 aliphatic rings. The number of rotatable bonds is 4. The lowest BCUT2D eigenvalue weighted by atomic mass is 10.1. The molecule has 15 heavy (non-hydrogen) atoms. The monoisotopic (exact) mass is 248 g/mol. The van der Waals surface area contributed by atoms with Gasteiger partial charge in [-0.3, -0.25) is 0 Å². The van der Waals surface area contributed by atoms with Crippen molar-refractivity contribution in [3.05, 3.63) is 16.1 Å². The molecule has 0 aliphatic carbocycles. The van der Waals surface area contributed by atoms with Crippen molar-refractivity contribution in [2.75, 3.05) is 12.8 Å². The summed E-state index contributed by atoms with van der Waals surface area (Å²) in [6.45, 7) is 4.16. The third kappa shape index (κ3) is 2.99. The van der Waals surface area contributed by atoms with E-state index >= 15 is 0 Å². The number of sulfone groups is 1. The van der Waals surface area contributed by atoms with Crippen LogP contribution in [0.4, 0.5) is 0 Å². The van der Waals surface area contributed by atoms with Crippen molar-refractivity contribution in [1.29, 1.82) is 0 Å². The standard InChI is InChI=1S/C9H16N2O2S2/c1-6(4-10)8-5-14-9(11-8)7(2)15(3,12)13/h5-7H,4,10H2,1-3H3. The summed E-state index contributed by atoms with van der Waals surface area (Å²) in [5, 5.41) is 2.00.